The van der Waals surface area contributed by atoms with Crippen LogP contribution in [0.2, 0.25) is 5.02 Å². The minimum atomic E-state index is -1.08. The summed E-state index contributed by atoms with van der Waals surface area (Å²) in [6.07, 6.45) is 8.81. The molecule has 36 heavy (non-hydrogen) atoms. The molecule has 0 aromatic heterocycles. The van der Waals surface area contributed by atoms with Gasteiger partial charge in [0.25, 0.3) is 0 Å². The summed E-state index contributed by atoms with van der Waals surface area (Å²) < 4.78 is 14.7. The summed E-state index contributed by atoms with van der Waals surface area (Å²) in [7, 11) is 0. The number of thioether (sulfide) groups is 1. The zero-order chi connectivity index (χ0) is 25.9. The zero-order valence-electron chi connectivity index (χ0n) is 20.5. The Kier molecular flexibility index (Phi) is 11.5. The van der Waals surface area contributed by atoms with E-state index >= 15 is 0 Å². The zero-order valence-corrected chi connectivity index (χ0v) is 22.1. The first kappa shape index (κ1) is 28.5. The van der Waals surface area contributed by atoms with Crippen LogP contribution in [0.15, 0.2) is 35.2 Å². The predicted molar refractivity (Wildman–Crippen MR) is 142 cm³/mol. The molecule has 4 rings (SSSR count). The van der Waals surface area contributed by atoms with Gasteiger partial charge in [0.2, 0.25) is 0 Å². The minimum absolute atomic E-state index is 0.0362. The van der Waals surface area contributed by atoms with Gasteiger partial charge in [-0.2, -0.15) is 0 Å². The van der Waals surface area contributed by atoms with Crippen LogP contribution in [0.25, 0.3) is 0 Å². The summed E-state index contributed by atoms with van der Waals surface area (Å²) in [5.41, 5.74) is 4.69. The number of benzene rings is 2. The topological polar surface area (TPSA) is 86.6 Å². The van der Waals surface area contributed by atoms with Crippen molar-refractivity contribution in [2.45, 2.75) is 74.9 Å². The smallest absolute Gasteiger partial charge is 0.303 e. The third-order valence-electron chi connectivity index (χ3n) is 6.72. The number of rotatable bonds is 8. The standard InChI is InChI=1S/C24H29ClFNS.C4H6O4/c25-22-9-8-19-10-12-27-13-11-21(19)24(22)28-16-18-6-7-20(23(26)15-18)14-17-4-2-1-3-5-17;5-3(6)1-2-4(7)8/h6-9,15,17,27H,1-5,10-14,16H2;1-2H2,(H,5,6)(H,7,8). The van der Waals surface area contributed by atoms with Gasteiger partial charge < -0.3 is 15.5 Å². The third-order valence-corrected chi connectivity index (χ3v) is 8.38. The van der Waals surface area contributed by atoms with Crippen molar-refractivity contribution in [1.29, 1.82) is 0 Å². The molecule has 0 spiro atoms. The first-order chi connectivity index (χ1) is 17.3. The van der Waals surface area contributed by atoms with E-state index in [1.807, 2.05) is 12.1 Å². The molecule has 1 fully saturated rings. The van der Waals surface area contributed by atoms with Gasteiger partial charge in [-0.3, -0.25) is 9.59 Å². The van der Waals surface area contributed by atoms with Crippen molar-refractivity contribution in [3.63, 3.8) is 0 Å². The molecule has 0 saturated heterocycles. The predicted octanol–water partition coefficient (Wildman–Crippen LogP) is 6.52. The van der Waals surface area contributed by atoms with Gasteiger partial charge in [-0.25, -0.2) is 4.39 Å². The van der Waals surface area contributed by atoms with Gasteiger partial charge in [-0.1, -0.05) is 61.9 Å². The maximum atomic E-state index is 14.7. The fourth-order valence-corrected chi connectivity index (χ4v) is 6.23. The van der Waals surface area contributed by atoms with Crippen LogP contribution < -0.4 is 5.32 Å². The quantitative estimate of drug-likeness (QED) is 0.334. The van der Waals surface area contributed by atoms with E-state index in [1.54, 1.807) is 17.8 Å². The normalized spacial score (nSPS) is 15.8. The van der Waals surface area contributed by atoms with Crippen LogP contribution in [-0.4, -0.2) is 35.2 Å². The van der Waals surface area contributed by atoms with Gasteiger partial charge in [0, 0.05) is 10.6 Å². The molecule has 8 heteroatoms. The van der Waals surface area contributed by atoms with Crippen molar-refractivity contribution in [3.05, 3.63) is 63.4 Å². The highest BCUT2D eigenvalue weighted by atomic mass is 35.5. The number of carbonyl (C=O) groups is 2. The van der Waals surface area contributed by atoms with E-state index < -0.39 is 11.9 Å². The Bertz CT molecular complexity index is 1030. The summed E-state index contributed by atoms with van der Waals surface area (Å²) in [5.74, 6) is -0.772. The number of hydrogen-bond acceptors (Lipinski definition) is 4. The lowest BCUT2D eigenvalue weighted by molar-refractivity contribution is -0.143. The Morgan fingerprint density at radius 2 is 1.69 bits per heavy atom. The average molecular weight is 536 g/mol. The van der Waals surface area contributed by atoms with Crippen LogP contribution in [-0.2, 0) is 34.6 Å². The van der Waals surface area contributed by atoms with Gasteiger partial charge in [0.05, 0.1) is 17.9 Å². The largest absolute Gasteiger partial charge is 0.481 e. The van der Waals surface area contributed by atoms with Gasteiger partial charge in [-0.15, -0.1) is 11.8 Å². The Morgan fingerprint density at radius 3 is 2.36 bits per heavy atom. The molecule has 0 unspecified atom stereocenters. The van der Waals surface area contributed by atoms with E-state index in [0.717, 1.165) is 54.3 Å². The van der Waals surface area contributed by atoms with Gasteiger partial charge >= 0.3 is 11.9 Å². The Morgan fingerprint density at radius 1 is 1.00 bits per heavy atom. The lowest BCUT2D eigenvalue weighted by Crippen LogP contribution is -2.16. The Balaban J connectivity index is 0.000000392. The van der Waals surface area contributed by atoms with E-state index in [-0.39, 0.29) is 18.7 Å². The van der Waals surface area contributed by atoms with E-state index in [4.69, 9.17) is 21.8 Å². The molecule has 2 aromatic rings. The SMILES string of the molecule is Fc1cc(CSc2c(Cl)ccc3c2CCNCC3)ccc1CC1CCCCC1.O=C(O)CCC(=O)O. The molecule has 0 atom stereocenters. The van der Waals surface area contributed by atoms with Crippen LogP contribution >= 0.6 is 23.4 Å². The highest BCUT2D eigenvalue weighted by Gasteiger charge is 2.17. The van der Waals surface area contributed by atoms with Crippen molar-refractivity contribution in [2.75, 3.05) is 13.1 Å². The third kappa shape index (κ3) is 9.09. The summed E-state index contributed by atoms with van der Waals surface area (Å²) in [4.78, 5) is 20.5. The van der Waals surface area contributed by atoms with Crippen LogP contribution in [0.4, 0.5) is 4.39 Å². The maximum Gasteiger partial charge on any atom is 0.303 e. The fraction of sp³-hybridized carbons (Fsp3) is 0.500. The summed E-state index contributed by atoms with van der Waals surface area (Å²) in [5, 5.41) is 20.1. The number of aliphatic carboxylic acids is 2. The molecule has 0 radical (unpaired) electrons. The van der Waals surface area contributed by atoms with Crippen LogP contribution in [0.5, 0.6) is 0 Å². The molecular formula is C28H35ClFNO4S. The summed E-state index contributed by atoms with van der Waals surface area (Å²) in [6, 6.07) is 10.0. The summed E-state index contributed by atoms with van der Waals surface area (Å²) in [6.45, 7) is 2.01. The molecule has 196 valence electrons. The highest BCUT2D eigenvalue weighted by Crippen LogP contribution is 2.36. The number of nitrogens with one attached hydrogen (secondary N) is 1. The average Bonchev–Trinajstić information content (AvgIpc) is 3.10. The molecule has 1 heterocycles. The maximum absolute atomic E-state index is 14.7. The second-order valence-corrected chi connectivity index (χ2v) is 10.9. The molecule has 2 aliphatic rings. The van der Waals surface area contributed by atoms with E-state index in [1.165, 1.54) is 48.1 Å². The minimum Gasteiger partial charge on any atom is -0.481 e. The molecule has 0 amide bonds. The van der Waals surface area contributed by atoms with Crippen LogP contribution in [0.1, 0.15) is 67.2 Å². The van der Waals surface area contributed by atoms with Gasteiger partial charge in [0.15, 0.2) is 0 Å². The summed E-state index contributed by atoms with van der Waals surface area (Å²) >= 11 is 8.28. The van der Waals surface area contributed by atoms with E-state index in [9.17, 15) is 14.0 Å². The lowest BCUT2D eigenvalue weighted by Gasteiger charge is -2.21. The first-order valence-electron chi connectivity index (χ1n) is 12.7. The van der Waals surface area contributed by atoms with Crippen molar-refractivity contribution >= 4 is 35.3 Å². The number of hydrogen-bond donors (Lipinski definition) is 3. The Labute approximate surface area is 221 Å². The molecule has 3 N–H and O–H groups in total. The molecule has 0 bridgehead atoms. The van der Waals surface area contributed by atoms with Gasteiger partial charge in [-0.05, 0) is 72.7 Å². The monoisotopic (exact) mass is 535 g/mol. The fourth-order valence-electron chi connectivity index (χ4n) is 4.78. The lowest BCUT2D eigenvalue weighted by atomic mass is 9.84. The van der Waals surface area contributed by atoms with Crippen molar-refractivity contribution in [2.24, 2.45) is 5.92 Å². The number of carboxylic acid groups (broad SMARTS) is 2. The van der Waals surface area contributed by atoms with Crippen LogP contribution in [0.3, 0.4) is 0 Å². The van der Waals surface area contributed by atoms with E-state index in [2.05, 4.69) is 17.4 Å². The van der Waals surface area contributed by atoms with Crippen molar-refractivity contribution < 1.29 is 24.2 Å². The first-order valence-corrected chi connectivity index (χ1v) is 14.0. The number of halogens is 2. The van der Waals surface area contributed by atoms with Crippen LogP contribution in [0, 0.1) is 11.7 Å². The Hall–Kier alpha value is -2.09. The van der Waals surface area contributed by atoms with Crippen molar-refractivity contribution in [1.82, 2.24) is 5.32 Å². The number of carboxylic acids is 2. The van der Waals surface area contributed by atoms with E-state index in [0.29, 0.717) is 5.92 Å². The molecule has 1 aliphatic heterocycles. The molecule has 1 saturated carbocycles. The second-order valence-electron chi connectivity index (χ2n) is 9.47. The number of fused-ring (bicyclic) bond motifs is 1. The highest BCUT2D eigenvalue weighted by molar-refractivity contribution is 7.98. The molecule has 2 aromatic carbocycles. The molecular weight excluding hydrogens is 501 g/mol. The van der Waals surface area contributed by atoms with Crippen molar-refractivity contribution in [3.8, 4) is 0 Å². The molecule has 5 nitrogen and oxygen atoms in total. The second kappa shape index (κ2) is 14.6. The van der Waals surface area contributed by atoms with Gasteiger partial charge in [0.1, 0.15) is 5.82 Å². The molecule has 1 aliphatic carbocycles.